The Morgan fingerprint density at radius 3 is 2.67 bits per heavy atom. The molecular formula is C15H25N3. The van der Waals surface area contributed by atoms with Crippen LogP contribution in [0.5, 0.6) is 0 Å². The van der Waals surface area contributed by atoms with E-state index in [1.807, 2.05) is 13.0 Å². The van der Waals surface area contributed by atoms with Crippen LogP contribution in [0.2, 0.25) is 0 Å². The summed E-state index contributed by atoms with van der Waals surface area (Å²) in [5.74, 6) is 2.02. The molecule has 18 heavy (non-hydrogen) atoms. The first-order valence-electron chi connectivity index (χ1n) is 7.18. The maximum atomic E-state index is 5.81. The molecule has 1 aliphatic heterocycles. The van der Waals surface area contributed by atoms with E-state index in [0.29, 0.717) is 0 Å². The fourth-order valence-corrected chi connectivity index (χ4v) is 2.68. The van der Waals surface area contributed by atoms with Crippen molar-refractivity contribution in [3.63, 3.8) is 0 Å². The van der Waals surface area contributed by atoms with Crippen molar-refractivity contribution in [3.8, 4) is 0 Å². The van der Waals surface area contributed by atoms with Gasteiger partial charge in [-0.3, -0.25) is 0 Å². The van der Waals surface area contributed by atoms with E-state index in [0.717, 1.165) is 36.2 Å². The third-order valence-electron chi connectivity index (χ3n) is 4.02. The Morgan fingerprint density at radius 1 is 1.33 bits per heavy atom. The van der Waals surface area contributed by atoms with Crippen molar-refractivity contribution < 1.29 is 0 Å². The topological polar surface area (TPSA) is 42.1 Å². The molecule has 0 bridgehead atoms. The molecule has 100 valence electrons. The van der Waals surface area contributed by atoms with Crippen LogP contribution in [-0.4, -0.2) is 18.1 Å². The van der Waals surface area contributed by atoms with Gasteiger partial charge in [-0.1, -0.05) is 26.2 Å². The van der Waals surface area contributed by atoms with Crippen LogP contribution < -0.4 is 10.6 Å². The van der Waals surface area contributed by atoms with Crippen LogP contribution in [0.15, 0.2) is 12.1 Å². The number of aryl methyl sites for hydroxylation is 1. The molecule has 3 nitrogen and oxygen atoms in total. The van der Waals surface area contributed by atoms with Gasteiger partial charge in [0.15, 0.2) is 0 Å². The van der Waals surface area contributed by atoms with Crippen LogP contribution in [0.25, 0.3) is 0 Å². The number of unbranched alkanes of at least 4 members (excludes halogenated alkanes) is 1. The van der Waals surface area contributed by atoms with Crippen molar-refractivity contribution >= 4 is 11.5 Å². The Labute approximate surface area is 110 Å². The number of piperidine rings is 1. The Kier molecular flexibility index (Phi) is 4.45. The van der Waals surface area contributed by atoms with Crippen LogP contribution in [-0.2, 0) is 0 Å². The standard InChI is InChI=1S/C15H25N3/c1-3-4-5-13-8-10-18(11-9-13)15-7-6-14(16)12(2)17-15/h6-7,13H,3-5,8-11,16H2,1-2H3. The van der Waals surface area contributed by atoms with Crippen LogP contribution in [0, 0.1) is 12.8 Å². The zero-order valence-electron chi connectivity index (χ0n) is 11.7. The Balaban J connectivity index is 1.90. The van der Waals surface area contributed by atoms with Gasteiger partial charge in [-0.25, -0.2) is 4.98 Å². The number of pyridine rings is 1. The second kappa shape index (κ2) is 6.07. The van der Waals surface area contributed by atoms with Gasteiger partial charge in [0.25, 0.3) is 0 Å². The number of nitrogens with two attached hydrogens (primary N) is 1. The van der Waals surface area contributed by atoms with E-state index >= 15 is 0 Å². The molecule has 0 aliphatic carbocycles. The minimum atomic E-state index is 0.789. The summed E-state index contributed by atoms with van der Waals surface area (Å²) in [6.45, 7) is 6.54. The van der Waals surface area contributed by atoms with Crippen molar-refractivity contribution in [1.29, 1.82) is 0 Å². The van der Waals surface area contributed by atoms with Crippen LogP contribution in [0.3, 0.4) is 0 Å². The van der Waals surface area contributed by atoms with Gasteiger partial charge >= 0.3 is 0 Å². The molecule has 2 heterocycles. The number of hydrogen-bond donors (Lipinski definition) is 1. The molecule has 1 aliphatic rings. The third kappa shape index (κ3) is 3.15. The maximum Gasteiger partial charge on any atom is 0.128 e. The molecule has 1 saturated heterocycles. The molecule has 0 radical (unpaired) electrons. The lowest BCUT2D eigenvalue weighted by Gasteiger charge is -2.33. The molecule has 2 N–H and O–H groups in total. The molecule has 3 heteroatoms. The van der Waals surface area contributed by atoms with E-state index in [9.17, 15) is 0 Å². The van der Waals surface area contributed by atoms with Gasteiger partial charge in [0, 0.05) is 13.1 Å². The van der Waals surface area contributed by atoms with Crippen molar-refractivity contribution in [3.05, 3.63) is 17.8 Å². The van der Waals surface area contributed by atoms with E-state index in [1.54, 1.807) is 0 Å². The molecule has 1 fully saturated rings. The predicted octanol–water partition coefficient (Wildman–Crippen LogP) is 3.38. The molecule has 1 aromatic rings. The van der Waals surface area contributed by atoms with Gasteiger partial charge in [0.1, 0.15) is 5.82 Å². The van der Waals surface area contributed by atoms with Crippen LogP contribution in [0.1, 0.15) is 44.7 Å². The SMILES string of the molecule is CCCCC1CCN(c2ccc(N)c(C)n2)CC1. The maximum absolute atomic E-state index is 5.81. The van der Waals surface area contributed by atoms with Gasteiger partial charge in [-0.05, 0) is 37.8 Å². The van der Waals surface area contributed by atoms with Crippen molar-refractivity contribution in [1.82, 2.24) is 4.98 Å². The molecule has 0 spiro atoms. The number of nitrogen functional groups attached to an aromatic ring is 1. The van der Waals surface area contributed by atoms with E-state index < -0.39 is 0 Å². The average molecular weight is 247 g/mol. The quantitative estimate of drug-likeness (QED) is 0.887. The molecule has 0 saturated carbocycles. The van der Waals surface area contributed by atoms with Gasteiger partial charge < -0.3 is 10.6 Å². The second-order valence-corrected chi connectivity index (χ2v) is 5.42. The highest BCUT2D eigenvalue weighted by atomic mass is 15.2. The van der Waals surface area contributed by atoms with Gasteiger partial charge in [-0.2, -0.15) is 0 Å². The summed E-state index contributed by atoms with van der Waals surface area (Å²) in [4.78, 5) is 6.98. The minimum Gasteiger partial charge on any atom is -0.397 e. The number of nitrogens with zero attached hydrogens (tertiary/aromatic N) is 2. The number of rotatable bonds is 4. The fraction of sp³-hybridized carbons (Fsp3) is 0.667. The summed E-state index contributed by atoms with van der Waals surface area (Å²) in [5.41, 5.74) is 7.55. The van der Waals surface area contributed by atoms with Crippen molar-refractivity contribution in [2.45, 2.75) is 46.0 Å². The number of anilines is 2. The zero-order chi connectivity index (χ0) is 13.0. The Morgan fingerprint density at radius 2 is 2.06 bits per heavy atom. The summed E-state index contributed by atoms with van der Waals surface area (Å²) >= 11 is 0. The lowest BCUT2D eigenvalue weighted by molar-refractivity contribution is 0.370. The molecule has 0 unspecified atom stereocenters. The second-order valence-electron chi connectivity index (χ2n) is 5.42. The largest absolute Gasteiger partial charge is 0.397 e. The average Bonchev–Trinajstić information content (AvgIpc) is 2.40. The predicted molar refractivity (Wildman–Crippen MR) is 77.8 cm³/mol. The Hall–Kier alpha value is -1.25. The summed E-state index contributed by atoms with van der Waals surface area (Å²) in [6.07, 6.45) is 6.72. The number of aromatic nitrogens is 1. The summed E-state index contributed by atoms with van der Waals surface area (Å²) < 4.78 is 0. The lowest BCUT2D eigenvalue weighted by Crippen LogP contribution is -2.34. The van der Waals surface area contributed by atoms with Crippen LogP contribution >= 0.6 is 0 Å². The van der Waals surface area contributed by atoms with Gasteiger partial charge in [0.05, 0.1) is 11.4 Å². The first-order chi connectivity index (χ1) is 8.70. The van der Waals surface area contributed by atoms with Crippen molar-refractivity contribution in [2.75, 3.05) is 23.7 Å². The number of hydrogen-bond acceptors (Lipinski definition) is 3. The summed E-state index contributed by atoms with van der Waals surface area (Å²) in [6, 6.07) is 4.02. The minimum absolute atomic E-state index is 0.789. The highest BCUT2D eigenvalue weighted by molar-refractivity contribution is 5.50. The summed E-state index contributed by atoms with van der Waals surface area (Å²) in [7, 11) is 0. The highest BCUT2D eigenvalue weighted by Gasteiger charge is 2.19. The van der Waals surface area contributed by atoms with Crippen LogP contribution in [0.4, 0.5) is 11.5 Å². The first kappa shape index (κ1) is 13.2. The first-order valence-corrected chi connectivity index (χ1v) is 7.18. The van der Waals surface area contributed by atoms with E-state index in [1.165, 1.54) is 32.1 Å². The smallest absolute Gasteiger partial charge is 0.128 e. The summed E-state index contributed by atoms with van der Waals surface area (Å²) in [5, 5.41) is 0. The zero-order valence-corrected chi connectivity index (χ0v) is 11.7. The Bertz CT molecular complexity index is 381. The molecular weight excluding hydrogens is 222 g/mol. The lowest BCUT2D eigenvalue weighted by atomic mass is 9.92. The highest BCUT2D eigenvalue weighted by Crippen LogP contribution is 2.26. The van der Waals surface area contributed by atoms with Gasteiger partial charge in [-0.15, -0.1) is 0 Å². The molecule has 0 atom stereocenters. The third-order valence-corrected chi connectivity index (χ3v) is 4.02. The van der Waals surface area contributed by atoms with E-state index in [4.69, 9.17) is 5.73 Å². The molecule has 1 aromatic heterocycles. The molecule has 0 aromatic carbocycles. The monoisotopic (exact) mass is 247 g/mol. The van der Waals surface area contributed by atoms with Gasteiger partial charge in [0.2, 0.25) is 0 Å². The van der Waals surface area contributed by atoms with E-state index in [2.05, 4.69) is 22.9 Å². The molecule has 2 rings (SSSR count). The normalized spacial score (nSPS) is 17.1. The molecule has 0 amide bonds. The van der Waals surface area contributed by atoms with Crippen molar-refractivity contribution in [2.24, 2.45) is 5.92 Å². The van der Waals surface area contributed by atoms with E-state index in [-0.39, 0.29) is 0 Å². The fourth-order valence-electron chi connectivity index (χ4n) is 2.68.